The van der Waals surface area contributed by atoms with Crippen LogP contribution in [0.4, 0.5) is 10.1 Å². The molecule has 1 amide bonds. The highest BCUT2D eigenvalue weighted by atomic mass is 19.1. The van der Waals surface area contributed by atoms with Gasteiger partial charge in [-0.2, -0.15) is 0 Å². The third kappa shape index (κ3) is 3.86. The molecule has 1 aromatic heterocycles. The van der Waals surface area contributed by atoms with Crippen LogP contribution in [0.3, 0.4) is 0 Å². The zero-order chi connectivity index (χ0) is 21.3. The Morgan fingerprint density at radius 1 is 1.07 bits per heavy atom. The van der Waals surface area contributed by atoms with Gasteiger partial charge >= 0.3 is 5.69 Å². The predicted octanol–water partition coefficient (Wildman–Crippen LogP) is 2.15. The highest BCUT2D eigenvalue weighted by Gasteiger charge is 2.25. The summed E-state index contributed by atoms with van der Waals surface area (Å²) >= 11 is 0. The number of hydrogen-bond donors (Lipinski definition) is 3. The molecule has 0 aliphatic heterocycles. The van der Waals surface area contributed by atoms with Crippen molar-refractivity contribution in [2.75, 3.05) is 5.32 Å². The molecule has 30 heavy (non-hydrogen) atoms. The summed E-state index contributed by atoms with van der Waals surface area (Å²) in [4.78, 5) is 38.0. The van der Waals surface area contributed by atoms with Crippen LogP contribution >= 0.6 is 0 Å². The lowest BCUT2D eigenvalue weighted by atomic mass is 9.95. The van der Waals surface area contributed by atoms with Crippen LogP contribution in [0.2, 0.25) is 0 Å². The summed E-state index contributed by atoms with van der Waals surface area (Å²) in [5.74, 6) is 3.94. The molecule has 0 atom stereocenters. The Balaban J connectivity index is 1.88. The molecular formula is C21H28FN5O3. The standard InChI is InChI=1S/C21H28FN5O3/c22-16-10-15-18(11-17(16)24-13-6-2-1-3-7-13)27(14-8-4-5-9-14)21(30)26(20(15)29)12-19(28)25-23/h10-11,13-14,24H,1-9,12,23H2,(H,25,28). The van der Waals surface area contributed by atoms with Crippen molar-refractivity contribution in [3.8, 4) is 0 Å². The van der Waals surface area contributed by atoms with Crippen LogP contribution < -0.4 is 27.8 Å². The number of aromatic nitrogens is 2. The Kier molecular flexibility index (Phi) is 5.90. The molecule has 0 bridgehead atoms. The van der Waals surface area contributed by atoms with Gasteiger partial charge in [-0.1, -0.05) is 32.1 Å². The lowest BCUT2D eigenvalue weighted by Gasteiger charge is -2.25. The second-order valence-electron chi connectivity index (χ2n) is 8.38. The van der Waals surface area contributed by atoms with E-state index in [2.05, 4.69) is 5.32 Å². The molecule has 4 N–H and O–H groups in total. The SMILES string of the molecule is NNC(=O)Cn1c(=O)c2cc(F)c(NC3CCCCC3)cc2n(C2CCCC2)c1=O. The topological polar surface area (TPSA) is 111 Å². The zero-order valence-corrected chi connectivity index (χ0v) is 17.0. The molecule has 2 fully saturated rings. The van der Waals surface area contributed by atoms with Gasteiger partial charge in [0.2, 0.25) is 0 Å². The van der Waals surface area contributed by atoms with Gasteiger partial charge in [-0.15, -0.1) is 0 Å². The fourth-order valence-electron chi connectivity index (χ4n) is 4.82. The molecule has 1 heterocycles. The zero-order valence-electron chi connectivity index (χ0n) is 17.0. The number of hydrogen-bond acceptors (Lipinski definition) is 5. The first-order chi connectivity index (χ1) is 14.5. The Hall–Kier alpha value is -2.68. The first-order valence-electron chi connectivity index (χ1n) is 10.7. The van der Waals surface area contributed by atoms with Crippen molar-refractivity contribution in [3.63, 3.8) is 0 Å². The van der Waals surface area contributed by atoms with Gasteiger partial charge in [0.1, 0.15) is 12.4 Å². The minimum Gasteiger partial charge on any atom is -0.380 e. The van der Waals surface area contributed by atoms with Crippen LogP contribution in [-0.2, 0) is 11.3 Å². The number of carbonyl (C=O) groups is 1. The van der Waals surface area contributed by atoms with Gasteiger partial charge in [0.25, 0.3) is 11.5 Å². The number of rotatable bonds is 5. The van der Waals surface area contributed by atoms with Crippen molar-refractivity contribution in [1.82, 2.24) is 14.6 Å². The van der Waals surface area contributed by atoms with E-state index < -0.39 is 29.5 Å². The second kappa shape index (κ2) is 8.59. The van der Waals surface area contributed by atoms with E-state index in [-0.39, 0.29) is 17.5 Å². The van der Waals surface area contributed by atoms with Gasteiger partial charge in [-0.25, -0.2) is 15.0 Å². The molecule has 162 valence electrons. The molecule has 1 aromatic carbocycles. The third-order valence-electron chi connectivity index (χ3n) is 6.37. The number of halogens is 1. The van der Waals surface area contributed by atoms with Gasteiger partial charge < -0.3 is 5.32 Å². The highest BCUT2D eigenvalue weighted by molar-refractivity contribution is 5.83. The number of benzene rings is 1. The Bertz CT molecular complexity index is 1060. The number of carbonyl (C=O) groups excluding carboxylic acids is 1. The van der Waals surface area contributed by atoms with Crippen LogP contribution in [0.15, 0.2) is 21.7 Å². The van der Waals surface area contributed by atoms with Crippen molar-refractivity contribution in [2.24, 2.45) is 5.84 Å². The Morgan fingerprint density at radius 3 is 2.40 bits per heavy atom. The molecule has 2 saturated carbocycles. The summed E-state index contributed by atoms with van der Waals surface area (Å²) in [5.41, 5.74) is 1.43. The molecular weight excluding hydrogens is 389 g/mol. The maximum absolute atomic E-state index is 14.9. The van der Waals surface area contributed by atoms with Gasteiger partial charge in [-0.3, -0.25) is 24.1 Å². The Morgan fingerprint density at radius 2 is 1.73 bits per heavy atom. The molecule has 2 aliphatic rings. The highest BCUT2D eigenvalue weighted by Crippen LogP contribution is 2.32. The number of fused-ring (bicyclic) bond motifs is 1. The number of nitrogens with zero attached hydrogens (tertiary/aromatic N) is 2. The molecule has 8 nitrogen and oxygen atoms in total. The van der Waals surface area contributed by atoms with Crippen LogP contribution in [0.25, 0.3) is 10.9 Å². The molecule has 2 aromatic rings. The number of anilines is 1. The number of amides is 1. The van der Waals surface area contributed by atoms with E-state index in [1.807, 2.05) is 5.43 Å². The van der Waals surface area contributed by atoms with E-state index in [4.69, 9.17) is 5.84 Å². The van der Waals surface area contributed by atoms with E-state index in [9.17, 15) is 18.8 Å². The maximum Gasteiger partial charge on any atom is 0.332 e. The molecule has 0 spiro atoms. The van der Waals surface area contributed by atoms with Gasteiger partial charge in [0.15, 0.2) is 0 Å². The van der Waals surface area contributed by atoms with Crippen molar-refractivity contribution < 1.29 is 9.18 Å². The average molecular weight is 417 g/mol. The van der Waals surface area contributed by atoms with E-state index in [0.29, 0.717) is 11.2 Å². The van der Waals surface area contributed by atoms with E-state index in [0.717, 1.165) is 55.9 Å². The number of nitrogens with one attached hydrogen (secondary N) is 2. The fourth-order valence-corrected chi connectivity index (χ4v) is 4.82. The molecule has 0 saturated heterocycles. The fraction of sp³-hybridized carbons (Fsp3) is 0.571. The van der Waals surface area contributed by atoms with Crippen molar-refractivity contribution in [3.05, 3.63) is 38.8 Å². The largest absolute Gasteiger partial charge is 0.380 e. The molecule has 0 unspecified atom stereocenters. The van der Waals surface area contributed by atoms with E-state index >= 15 is 0 Å². The summed E-state index contributed by atoms with van der Waals surface area (Å²) in [7, 11) is 0. The van der Waals surface area contributed by atoms with Crippen LogP contribution in [0.5, 0.6) is 0 Å². The quantitative estimate of drug-likeness (QED) is 0.392. The number of nitrogens with two attached hydrogens (primary N) is 1. The average Bonchev–Trinajstić information content (AvgIpc) is 3.27. The van der Waals surface area contributed by atoms with Crippen LogP contribution in [0, 0.1) is 5.82 Å². The maximum atomic E-state index is 14.9. The third-order valence-corrected chi connectivity index (χ3v) is 6.37. The van der Waals surface area contributed by atoms with Crippen LogP contribution in [-0.4, -0.2) is 21.1 Å². The molecule has 2 aliphatic carbocycles. The smallest absolute Gasteiger partial charge is 0.332 e. The lowest BCUT2D eigenvalue weighted by Crippen LogP contribution is -2.45. The molecule has 0 radical (unpaired) electrons. The first-order valence-corrected chi connectivity index (χ1v) is 10.7. The van der Waals surface area contributed by atoms with Crippen molar-refractivity contribution in [1.29, 1.82) is 0 Å². The van der Waals surface area contributed by atoms with Gasteiger partial charge in [0.05, 0.1) is 16.6 Å². The summed E-state index contributed by atoms with van der Waals surface area (Å²) in [6.45, 7) is -0.499. The Labute approximate surface area is 173 Å². The van der Waals surface area contributed by atoms with Gasteiger partial charge in [0, 0.05) is 12.1 Å². The summed E-state index contributed by atoms with van der Waals surface area (Å²) in [6.07, 6.45) is 8.92. The molecule has 9 heteroatoms. The summed E-state index contributed by atoms with van der Waals surface area (Å²) < 4.78 is 17.3. The normalized spacial score (nSPS) is 18.1. The van der Waals surface area contributed by atoms with E-state index in [1.54, 1.807) is 10.6 Å². The lowest BCUT2D eigenvalue weighted by molar-refractivity contribution is -0.121. The predicted molar refractivity (Wildman–Crippen MR) is 113 cm³/mol. The molecule has 4 rings (SSSR count). The monoisotopic (exact) mass is 417 g/mol. The summed E-state index contributed by atoms with van der Waals surface area (Å²) in [5, 5.41) is 3.37. The first kappa shape index (κ1) is 20.6. The second-order valence-corrected chi connectivity index (χ2v) is 8.38. The van der Waals surface area contributed by atoms with Crippen LogP contribution in [0.1, 0.15) is 63.8 Å². The van der Waals surface area contributed by atoms with Crippen molar-refractivity contribution >= 4 is 22.5 Å². The van der Waals surface area contributed by atoms with Crippen molar-refractivity contribution in [2.45, 2.75) is 76.4 Å². The summed E-state index contributed by atoms with van der Waals surface area (Å²) in [6, 6.07) is 2.88. The van der Waals surface area contributed by atoms with Gasteiger partial charge in [-0.05, 0) is 37.8 Å². The van der Waals surface area contributed by atoms with E-state index in [1.165, 1.54) is 12.5 Å². The minimum absolute atomic E-state index is 0.0826. The number of hydrazine groups is 1. The minimum atomic E-state index is -0.684.